The summed E-state index contributed by atoms with van der Waals surface area (Å²) in [6.07, 6.45) is 0.534. The highest BCUT2D eigenvalue weighted by molar-refractivity contribution is 9.10. The predicted octanol–water partition coefficient (Wildman–Crippen LogP) is 3.43. The van der Waals surface area contributed by atoms with Crippen molar-refractivity contribution in [2.24, 2.45) is 0 Å². The Labute approximate surface area is 97.2 Å². The topological polar surface area (TPSA) is 29.5 Å². The van der Waals surface area contributed by atoms with Gasteiger partial charge in [-0.15, -0.1) is 0 Å². The van der Waals surface area contributed by atoms with Gasteiger partial charge >= 0.3 is 0 Å². The van der Waals surface area contributed by atoms with E-state index in [1.54, 1.807) is 0 Å². The van der Waals surface area contributed by atoms with Crippen LogP contribution in [-0.2, 0) is 0 Å². The van der Waals surface area contributed by atoms with Gasteiger partial charge in [-0.25, -0.2) is 4.39 Å². The summed E-state index contributed by atoms with van der Waals surface area (Å²) in [4.78, 5) is 0. The summed E-state index contributed by atoms with van der Waals surface area (Å²) in [7, 11) is 1.51. The lowest BCUT2D eigenvalue weighted by atomic mass is 10.0. The molecule has 2 nitrogen and oxygen atoms in total. The Morgan fingerprint density at radius 1 is 1.53 bits per heavy atom. The van der Waals surface area contributed by atoms with Crippen molar-refractivity contribution in [2.45, 2.75) is 25.9 Å². The smallest absolute Gasteiger partial charge is 0.133 e. The second-order valence-corrected chi connectivity index (χ2v) is 4.07. The number of aliphatic hydroxyl groups is 1. The molecule has 0 fully saturated rings. The van der Waals surface area contributed by atoms with Crippen LogP contribution < -0.4 is 4.74 Å². The van der Waals surface area contributed by atoms with Gasteiger partial charge in [0.25, 0.3) is 0 Å². The van der Waals surface area contributed by atoms with E-state index in [4.69, 9.17) is 4.74 Å². The number of ether oxygens (including phenoxy) is 1. The van der Waals surface area contributed by atoms with Crippen LogP contribution in [0.25, 0.3) is 0 Å². The molecule has 1 aromatic rings. The fourth-order valence-electron chi connectivity index (χ4n) is 1.43. The molecule has 0 radical (unpaired) electrons. The van der Waals surface area contributed by atoms with Crippen molar-refractivity contribution in [1.82, 2.24) is 0 Å². The first-order chi connectivity index (χ1) is 7.11. The van der Waals surface area contributed by atoms with E-state index >= 15 is 0 Å². The molecule has 1 N–H and O–H groups in total. The van der Waals surface area contributed by atoms with Crippen molar-refractivity contribution in [3.63, 3.8) is 0 Å². The molecule has 1 unspecified atom stereocenters. The first-order valence-electron chi connectivity index (χ1n) is 4.81. The Morgan fingerprint density at radius 2 is 2.20 bits per heavy atom. The Bertz CT molecular complexity index is 342. The third kappa shape index (κ3) is 2.69. The minimum absolute atomic E-state index is 0.274. The lowest BCUT2D eigenvalue weighted by Gasteiger charge is -2.15. The molecule has 1 atom stereocenters. The molecular formula is C11H14BrFO2. The summed E-state index contributed by atoms with van der Waals surface area (Å²) in [5.74, 6) is 0.116. The summed E-state index contributed by atoms with van der Waals surface area (Å²) < 4.78 is 19.0. The molecule has 15 heavy (non-hydrogen) atoms. The normalized spacial score (nSPS) is 12.6. The van der Waals surface area contributed by atoms with Gasteiger partial charge in [0, 0.05) is 5.56 Å². The molecule has 4 heteroatoms. The highest BCUT2D eigenvalue weighted by Crippen LogP contribution is 2.35. The van der Waals surface area contributed by atoms with Gasteiger partial charge < -0.3 is 9.84 Å². The molecule has 1 aromatic carbocycles. The van der Waals surface area contributed by atoms with Gasteiger partial charge in [-0.1, -0.05) is 13.3 Å². The molecule has 0 bridgehead atoms. The maximum Gasteiger partial charge on any atom is 0.133 e. The molecule has 0 aliphatic carbocycles. The van der Waals surface area contributed by atoms with Crippen LogP contribution in [0.15, 0.2) is 16.6 Å². The summed E-state index contributed by atoms with van der Waals surface area (Å²) in [6.45, 7) is 1.94. The highest BCUT2D eigenvalue weighted by Gasteiger charge is 2.18. The van der Waals surface area contributed by atoms with Gasteiger partial charge in [-0.2, -0.15) is 0 Å². The molecule has 84 valence electrons. The van der Waals surface area contributed by atoms with Crippen molar-refractivity contribution in [2.75, 3.05) is 7.11 Å². The Hall–Kier alpha value is -0.610. The molecule has 0 saturated heterocycles. The monoisotopic (exact) mass is 276 g/mol. The van der Waals surface area contributed by atoms with Crippen molar-refractivity contribution in [1.29, 1.82) is 0 Å². The van der Waals surface area contributed by atoms with E-state index < -0.39 is 11.9 Å². The second-order valence-electron chi connectivity index (χ2n) is 3.28. The molecule has 1 rings (SSSR count). The summed E-state index contributed by atoms with van der Waals surface area (Å²) in [6, 6.07) is 2.83. The minimum Gasteiger partial charge on any atom is -0.496 e. The van der Waals surface area contributed by atoms with Crippen molar-refractivity contribution < 1.29 is 14.2 Å². The summed E-state index contributed by atoms with van der Waals surface area (Å²) in [5, 5.41) is 9.78. The summed E-state index contributed by atoms with van der Waals surface area (Å²) >= 11 is 3.24. The predicted molar refractivity (Wildman–Crippen MR) is 60.5 cm³/mol. The third-order valence-corrected chi connectivity index (χ3v) is 3.02. The quantitative estimate of drug-likeness (QED) is 0.913. The Morgan fingerprint density at radius 3 is 2.73 bits per heavy atom. The van der Waals surface area contributed by atoms with Crippen LogP contribution in [0.4, 0.5) is 4.39 Å². The number of methoxy groups -OCH3 is 1. The maximum atomic E-state index is 13.5. The first-order valence-corrected chi connectivity index (χ1v) is 5.61. The number of aliphatic hydroxyl groups excluding tert-OH is 1. The van der Waals surface area contributed by atoms with Crippen LogP contribution in [0.3, 0.4) is 0 Å². The van der Waals surface area contributed by atoms with Crippen LogP contribution in [0.1, 0.15) is 31.4 Å². The highest BCUT2D eigenvalue weighted by atomic mass is 79.9. The van der Waals surface area contributed by atoms with Gasteiger partial charge in [0.15, 0.2) is 0 Å². The van der Waals surface area contributed by atoms with Crippen LogP contribution >= 0.6 is 15.9 Å². The number of halogens is 2. The van der Waals surface area contributed by atoms with Gasteiger partial charge in [-0.3, -0.25) is 0 Å². The molecule has 0 spiro atoms. The van der Waals surface area contributed by atoms with Gasteiger partial charge in [0.1, 0.15) is 11.6 Å². The van der Waals surface area contributed by atoms with Crippen molar-refractivity contribution >= 4 is 15.9 Å². The fraction of sp³-hybridized carbons (Fsp3) is 0.455. The zero-order valence-electron chi connectivity index (χ0n) is 8.76. The second kappa shape index (κ2) is 5.47. The number of rotatable bonds is 4. The molecular weight excluding hydrogens is 263 g/mol. The molecule has 0 heterocycles. The fourth-order valence-corrected chi connectivity index (χ4v) is 2.18. The Kier molecular flexibility index (Phi) is 4.54. The molecule has 0 aromatic heterocycles. The van der Waals surface area contributed by atoms with Crippen LogP contribution in [-0.4, -0.2) is 12.2 Å². The zero-order chi connectivity index (χ0) is 11.4. The molecule has 0 aliphatic heterocycles. The van der Waals surface area contributed by atoms with Crippen LogP contribution in [0.5, 0.6) is 5.75 Å². The average Bonchev–Trinajstić information content (AvgIpc) is 2.18. The minimum atomic E-state index is -0.792. The van der Waals surface area contributed by atoms with E-state index in [-0.39, 0.29) is 5.56 Å². The third-order valence-electron chi connectivity index (χ3n) is 2.21. The van der Waals surface area contributed by atoms with E-state index in [0.717, 1.165) is 6.42 Å². The van der Waals surface area contributed by atoms with Gasteiger partial charge in [0.2, 0.25) is 0 Å². The lowest BCUT2D eigenvalue weighted by Crippen LogP contribution is -2.03. The van der Waals surface area contributed by atoms with E-state index in [2.05, 4.69) is 15.9 Å². The Balaban J connectivity index is 3.14. The van der Waals surface area contributed by atoms with E-state index in [0.29, 0.717) is 16.6 Å². The standard InChI is InChI=1S/C11H14BrFO2/c1-3-4-8(14)10-7(13)5-6-9(15-2)11(10)12/h5-6,8,14H,3-4H2,1-2H3. The largest absolute Gasteiger partial charge is 0.496 e. The maximum absolute atomic E-state index is 13.5. The number of hydrogen-bond acceptors (Lipinski definition) is 2. The van der Waals surface area contributed by atoms with Gasteiger partial charge in [0.05, 0.1) is 17.7 Å². The number of benzene rings is 1. The molecule has 0 aliphatic rings. The summed E-state index contributed by atoms with van der Waals surface area (Å²) in [5.41, 5.74) is 0.274. The zero-order valence-corrected chi connectivity index (χ0v) is 10.3. The average molecular weight is 277 g/mol. The van der Waals surface area contributed by atoms with Crippen LogP contribution in [0.2, 0.25) is 0 Å². The SMILES string of the molecule is CCCC(O)c1c(F)ccc(OC)c1Br. The van der Waals surface area contributed by atoms with Crippen molar-refractivity contribution in [3.05, 3.63) is 28.0 Å². The first kappa shape index (κ1) is 12.5. The van der Waals surface area contributed by atoms with Gasteiger partial charge in [-0.05, 0) is 34.5 Å². The van der Waals surface area contributed by atoms with E-state index in [9.17, 15) is 9.50 Å². The number of hydrogen-bond donors (Lipinski definition) is 1. The van der Waals surface area contributed by atoms with E-state index in [1.807, 2.05) is 6.92 Å². The van der Waals surface area contributed by atoms with Crippen molar-refractivity contribution in [3.8, 4) is 5.75 Å². The molecule has 0 amide bonds. The van der Waals surface area contributed by atoms with E-state index in [1.165, 1.54) is 19.2 Å². The lowest BCUT2D eigenvalue weighted by molar-refractivity contribution is 0.160. The van der Waals surface area contributed by atoms with Crippen LogP contribution in [0, 0.1) is 5.82 Å². The molecule has 0 saturated carbocycles.